The summed E-state index contributed by atoms with van der Waals surface area (Å²) in [6.07, 6.45) is 2.31. The van der Waals surface area contributed by atoms with E-state index in [0.717, 1.165) is 6.54 Å². The number of hydrogen-bond donors (Lipinski definition) is 0. The van der Waals surface area contributed by atoms with E-state index in [1.54, 1.807) is 0 Å². The summed E-state index contributed by atoms with van der Waals surface area (Å²) < 4.78 is 0. The van der Waals surface area contributed by atoms with Gasteiger partial charge in [-0.3, -0.25) is 0 Å². The van der Waals surface area contributed by atoms with Gasteiger partial charge in [-0.2, -0.15) is 0 Å². The van der Waals surface area contributed by atoms with E-state index in [-0.39, 0.29) is 0 Å². The highest BCUT2D eigenvalue weighted by Gasteiger charge is 2.18. The van der Waals surface area contributed by atoms with Crippen LogP contribution >= 0.6 is 0 Å². The van der Waals surface area contributed by atoms with Crippen LogP contribution in [-0.2, 0) is 6.54 Å². The van der Waals surface area contributed by atoms with Gasteiger partial charge in [-0.15, -0.1) is 0 Å². The summed E-state index contributed by atoms with van der Waals surface area (Å²) >= 11 is 0. The zero-order valence-electron chi connectivity index (χ0n) is 12.4. The molecule has 0 amide bonds. The Morgan fingerprint density at radius 1 is 0.950 bits per heavy atom. The Bertz CT molecular complexity index is 652. The first-order valence-electron chi connectivity index (χ1n) is 7.29. The van der Waals surface area contributed by atoms with Gasteiger partial charge in [0.15, 0.2) is 0 Å². The molecule has 0 fully saturated rings. The number of anilines is 1. The maximum absolute atomic E-state index is 2.48. The molecule has 0 atom stereocenters. The fraction of sp³-hybridized carbons (Fsp3) is 0.263. The van der Waals surface area contributed by atoms with Crippen LogP contribution in [0, 0.1) is 0 Å². The number of rotatable bonds is 1. The van der Waals surface area contributed by atoms with Gasteiger partial charge in [0, 0.05) is 18.3 Å². The van der Waals surface area contributed by atoms with Gasteiger partial charge in [0.2, 0.25) is 0 Å². The normalized spacial score (nSPS) is 16.8. The van der Waals surface area contributed by atoms with Crippen molar-refractivity contribution in [1.29, 1.82) is 0 Å². The second kappa shape index (κ2) is 5.16. The molecule has 3 rings (SSSR count). The smallest absolute Gasteiger partial charge is 0.0445 e. The molecule has 0 radical (unpaired) electrons. The van der Waals surface area contributed by atoms with Gasteiger partial charge in [0.1, 0.15) is 0 Å². The van der Waals surface area contributed by atoms with E-state index in [9.17, 15) is 0 Å². The van der Waals surface area contributed by atoms with Gasteiger partial charge in [-0.25, -0.2) is 0 Å². The molecule has 20 heavy (non-hydrogen) atoms. The lowest BCUT2D eigenvalue weighted by Gasteiger charge is -2.33. The third-order valence-corrected chi connectivity index (χ3v) is 4.02. The van der Waals surface area contributed by atoms with Crippen LogP contribution in [0.3, 0.4) is 0 Å². The lowest BCUT2D eigenvalue weighted by atomic mass is 9.95. The van der Waals surface area contributed by atoms with Crippen molar-refractivity contribution in [2.24, 2.45) is 0 Å². The van der Waals surface area contributed by atoms with Gasteiger partial charge in [-0.1, -0.05) is 42.5 Å². The summed E-state index contributed by atoms with van der Waals surface area (Å²) in [6.45, 7) is 7.70. The van der Waals surface area contributed by atoms with E-state index in [1.165, 1.54) is 28.0 Å². The largest absolute Gasteiger partial charge is 0.364 e. The molecule has 1 aliphatic heterocycles. The van der Waals surface area contributed by atoms with E-state index >= 15 is 0 Å². The van der Waals surface area contributed by atoms with Crippen molar-refractivity contribution >= 4 is 17.3 Å². The van der Waals surface area contributed by atoms with E-state index in [0.29, 0.717) is 6.04 Å². The maximum Gasteiger partial charge on any atom is 0.0445 e. The van der Waals surface area contributed by atoms with Gasteiger partial charge in [0.05, 0.1) is 0 Å². The molecule has 0 aromatic heterocycles. The van der Waals surface area contributed by atoms with Gasteiger partial charge >= 0.3 is 0 Å². The van der Waals surface area contributed by atoms with Crippen molar-refractivity contribution in [3.05, 3.63) is 65.2 Å². The summed E-state index contributed by atoms with van der Waals surface area (Å²) in [5.74, 6) is 0. The maximum atomic E-state index is 2.48. The Morgan fingerprint density at radius 2 is 1.65 bits per heavy atom. The molecular formula is C19H21N. The van der Waals surface area contributed by atoms with Crippen LogP contribution < -0.4 is 4.90 Å². The minimum absolute atomic E-state index is 0.482. The number of para-hydroxylation sites is 1. The third-order valence-electron chi connectivity index (χ3n) is 4.02. The standard InChI is InChI=1S/C19H21N/c1-14(2)20-13-17-9-4-6-10-18(17)15(3)12-16-8-5-7-11-19(16)20/h4-12,14H,13H2,1-3H3/b15-12-. The van der Waals surface area contributed by atoms with Crippen molar-refractivity contribution in [3.8, 4) is 0 Å². The van der Waals surface area contributed by atoms with Crippen LogP contribution in [0.4, 0.5) is 5.69 Å². The highest BCUT2D eigenvalue weighted by Crippen LogP contribution is 2.33. The molecular weight excluding hydrogens is 242 g/mol. The quantitative estimate of drug-likeness (QED) is 0.701. The highest BCUT2D eigenvalue weighted by atomic mass is 15.2. The molecule has 102 valence electrons. The fourth-order valence-electron chi connectivity index (χ4n) is 2.95. The molecule has 2 aromatic carbocycles. The first-order chi connectivity index (χ1) is 9.66. The molecule has 0 unspecified atom stereocenters. The zero-order chi connectivity index (χ0) is 14.1. The van der Waals surface area contributed by atoms with Gasteiger partial charge in [0.25, 0.3) is 0 Å². The van der Waals surface area contributed by atoms with Crippen LogP contribution in [-0.4, -0.2) is 6.04 Å². The van der Waals surface area contributed by atoms with Gasteiger partial charge in [-0.05, 0) is 55.2 Å². The third kappa shape index (κ3) is 2.24. The Hall–Kier alpha value is -2.02. The Morgan fingerprint density at radius 3 is 2.45 bits per heavy atom. The van der Waals surface area contributed by atoms with Crippen LogP contribution in [0.1, 0.15) is 37.5 Å². The van der Waals surface area contributed by atoms with Crippen LogP contribution in [0.5, 0.6) is 0 Å². The van der Waals surface area contributed by atoms with Gasteiger partial charge < -0.3 is 4.90 Å². The number of hydrogen-bond acceptors (Lipinski definition) is 1. The van der Waals surface area contributed by atoms with Crippen molar-refractivity contribution in [2.75, 3.05) is 4.90 Å². The average molecular weight is 263 g/mol. The summed E-state index contributed by atoms with van der Waals surface area (Å²) in [6, 6.07) is 17.9. The van der Waals surface area contributed by atoms with Crippen LogP contribution in [0.25, 0.3) is 11.6 Å². The predicted molar refractivity (Wildman–Crippen MR) is 87.7 cm³/mol. The molecule has 1 heterocycles. The van der Waals surface area contributed by atoms with Crippen LogP contribution in [0.2, 0.25) is 0 Å². The number of fused-ring (bicyclic) bond motifs is 2. The highest BCUT2D eigenvalue weighted by molar-refractivity contribution is 5.86. The van der Waals surface area contributed by atoms with E-state index in [4.69, 9.17) is 0 Å². The summed E-state index contributed by atoms with van der Waals surface area (Å²) in [7, 11) is 0. The summed E-state index contributed by atoms with van der Waals surface area (Å²) in [4.78, 5) is 2.48. The molecule has 1 nitrogen and oxygen atoms in total. The lowest BCUT2D eigenvalue weighted by molar-refractivity contribution is 0.681. The minimum atomic E-state index is 0.482. The monoisotopic (exact) mass is 263 g/mol. The van der Waals surface area contributed by atoms with Crippen LogP contribution in [0.15, 0.2) is 48.5 Å². The number of benzene rings is 2. The summed E-state index contributed by atoms with van der Waals surface area (Å²) in [5.41, 5.74) is 6.76. The van der Waals surface area contributed by atoms with Crippen molar-refractivity contribution in [3.63, 3.8) is 0 Å². The Balaban J connectivity index is 2.23. The number of allylic oxidation sites excluding steroid dienone is 1. The molecule has 0 aliphatic carbocycles. The average Bonchev–Trinajstić information content (AvgIpc) is 2.44. The summed E-state index contributed by atoms with van der Waals surface area (Å²) in [5, 5.41) is 0. The van der Waals surface area contributed by atoms with Crippen molar-refractivity contribution in [2.45, 2.75) is 33.4 Å². The molecule has 0 saturated carbocycles. The molecule has 1 heteroatoms. The molecule has 0 N–H and O–H groups in total. The second-order valence-electron chi connectivity index (χ2n) is 5.76. The second-order valence-corrected chi connectivity index (χ2v) is 5.76. The molecule has 0 saturated heterocycles. The van der Waals surface area contributed by atoms with E-state index < -0.39 is 0 Å². The SMILES string of the molecule is C/C1=C/c2ccccc2N(C(C)C)Cc2ccccc21. The van der Waals surface area contributed by atoms with E-state index in [2.05, 4.69) is 80.3 Å². The van der Waals surface area contributed by atoms with Crippen molar-refractivity contribution < 1.29 is 0 Å². The Kier molecular flexibility index (Phi) is 3.35. The fourth-order valence-corrected chi connectivity index (χ4v) is 2.95. The minimum Gasteiger partial charge on any atom is -0.364 e. The molecule has 2 aromatic rings. The van der Waals surface area contributed by atoms with Crippen molar-refractivity contribution in [1.82, 2.24) is 0 Å². The lowest BCUT2D eigenvalue weighted by Crippen LogP contribution is -2.31. The van der Waals surface area contributed by atoms with E-state index in [1.807, 2.05) is 0 Å². The molecule has 0 bridgehead atoms. The Labute approximate surface area is 121 Å². The first-order valence-corrected chi connectivity index (χ1v) is 7.29. The number of nitrogens with zero attached hydrogens (tertiary/aromatic N) is 1. The first kappa shape index (κ1) is 13.0. The topological polar surface area (TPSA) is 3.24 Å². The molecule has 1 aliphatic rings. The zero-order valence-corrected chi connectivity index (χ0v) is 12.4. The predicted octanol–water partition coefficient (Wildman–Crippen LogP) is 4.98. The molecule has 0 spiro atoms.